The molecule has 3 aliphatic rings. The SMILES string of the molecule is Cc1nonc1N1CCN(Cc2ccc3n(c2=O)C[C@@H]2CNC[C@H]3C2)CC1.Cl.Cl. The van der Waals surface area contributed by atoms with Crippen molar-refractivity contribution in [2.45, 2.75) is 32.4 Å². The van der Waals surface area contributed by atoms with Crippen LogP contribution in [0.25, 0.3) is 0 Å². The van der Waals surface area contributed by atoms with Crippen molar-refractivity contribution >= 4 is 30.6 Å². The molecule has 2 aromatic rings. The second-order valence-electron chi connectivity index (χ2n) is 8.09. The van der Waals surface area contributed by atoms with E-state index in [1.165, 1.54) is 12.1 Å². The third-order valence-corrected chi connectivity index (χ3v) is 6.28. The molecule has 5 rings (SSSR count). The standard InChI is InChI=1S/C19H26N6O2.2ClH/c1-13-18(22-27-21-13)24-6-4-23(5-7-24)12-15-2-3-17-16-8-14(9-20-10-16)11-25(17)19(15)26;;/h2-3,14,16,20H,4-12H2,1H3;2*1H/t14-,16+;;/m0../s1. The minimum Gasteiger partial charge on any atom is -0.350 e. The molecule has 0 radical (unpaired) electrons. The first-order valence-electron chi connectivity index (χ1n) is 9.89. The highest BCUT2D eigenvalue weighted by Crippen LogP contribution is 2.31. The number of piperidine rings is 1. The molecule has 29 heavy (non-hydrogen) atoms. The van der Waals surface area contributed by atoms with Gasteiger partial charge in [-0.1, -0.05) is 11.2 Å². The third-order valence-electron chi connectivity index (χ3n) is 6.28. The van der Waals surface area contributed by atoms with Crippen LogP contribution in [0.1, 0.15) is 29.3 Å². The van der Waals surface area contributed by atoms with Gasteiger partial charge in [0.05, 0.1) is 0 Å². The van der Waals surface area contributed by atoms with Crippen molar-refractivity contribution < 1.29 is 4.63 Å². The van der Waals surface area contributed by atoms with Crippen molar-refractivity contribution in [2.24, 2.45) is 5.92 Å². The zero-order valence-corrected chi connectivity index (χ0v) is 18.2. The first kappa shape index (κ1) is 22.1. The van der Waals surface area contributed by atoms with Gasteiger partial charge in [0.2, 0.25) is 0 Å². The van der Waals surface area contributed by atoms with Crippen molar-refractivity contribution in [2.75, 3.05) is 44.2 Å². The first-order chi connectivity index (χ1) is 13.2. The minimum absolute atomic E-state index is 0. The fraction of sp³-hybridized carbons (Fsp3) is 0.632. The average molecular weight is 443 g/mol. The van der Waals surface area contributed by atoms with Gasteiger partial charge < -0.3 is 14.8 Å². The maximum Gasteiger partial charge on any atom is 0.255 e. The lowest BCUT2D eigenvalue weighted by Gasteiger charge is -2.38. The zero-order valence-electron chi connectivity index (χ0n) is 16.5. The van der Waals surface area contributed by atoms with Gasteiger partial charge >= 0.3 is 0 Å². The molecule has 160 valence electrons. The number of nitrogens with one attached hydrogen (secondary N) is 1. The zero-order chi connectivity index (χ0) is 18.4. The van der Waals surface area contributed by atoms with Crippen LogP contribution in [0.3, 0.4) is 0 Å². The number of rotatable bonds is 3. The lowest BCUT2D eigenvalue weighted by Crippen LogP contribution is -2.48. The Kier molecular flexibility index (Phi) is 6.88. The smallest absolute Gasteiger partial charge is 0.255 e. The van der Waals surface area contributed by atoms with Crippen molar-refractivity contribution in [1.29, 1.82) is 0 Å². The monoisotopic (exact) mass is 442 g/mol. The van der Waals surface area contributed by atoms with E-state index in [0.717, 1.165) is 69.4 Å². The van der Waals surface area contributed by atoms with Crippen LogP contribution in [0.5, 0.6) is 0 Å². The minimum atomic E-state index is 0. The molecule has 1 N–H and O–H groups in total. The number of nitrogens with zero attached hydrogens (tertiary/aromatic N) is 5. The van der Waals surface area contributed by atoms with Crippen molar-refractivity contribution in [1.82, 2.24) is 25.1 Å². The van der Waals surface area contributed by atoms with E-state index in [2.05, 4.69) is 42.1 Å². The fourth-order valence-corrected chi connectivity index (χ4v) is 4.83. The van der Waals surface area contributed by atoms with Crippen LogP contribution < -0.4 is 15.8 Å². The summed E-state index contributed by atoms with van der Waals surface area (Å²) < 4.78 is 6.87. The predicted molar refractivity (Wildman–Crippen MR) is 115 cm³/mol. The highest BCUT2D eigenvalue weighted by molar-refractivity contribution is 5.85. The Hall–Kier alpha value is -1.61. The molecule has 0 saturated carbocycles. The van der Waals surface area contributed by atoms with Gasteiger partial charge in [0.25, 0.3) is 5.56 Å². The molecule has 10 heteroatoms. The number of hydrogen-bond donors (Lipinski definition) is 1. The Morgan fingerprint density at radius 1 is 1.14 bits per heavy atom. The van der Waals surface area contributed by atoms with Crippen molar-refractivity contribution in [3.63, 3.8) is 0 Å². The summed E-state index contributed by atoms with van der Waals surface area (Å²) in [5.41, 5.74) is 3.17. The highest BCUT2D eigenvalue weighted by atomic mass is 35.5. The van der Waals surface area contributed by atoms with Gasteiger partial charge in [-0.3, -0.25) is 9.69 Å². The molecule has 2 saturated heterocycles. The number of hydrogen-bond acceptors (Lipinski definition) is 7. The summed E-state index contributed by atoms with van der Waals surface area (Å²) in [4.78, 5) is 17.6. The number of piperazine rings is 1. The number of aryl methyl sites for hydroxylation is 1. The molecule has 0 aliphatic carbocycles. The molecule has 8 nitrogen and oxygen atoms in total. The lowest BCUT2D eigenvalue weighted by atomic mass is 9.84. The van der Waals surface area contributed by atoms with Gasteiger partial charge in [-0.25, -0.2) is 4.63 Å². The molecular formula is C19H28Cl2N6O2. The van der Waals surface area contributed by atoms with Gasteiger partial charge in [0.15, 0.2) is 5.82 Å². The summed E-state index contributed by atoms with van der Waals surface area (Å²) in [7, 11) is 0. The van der Waals surface area contributed by atoms with E-state index in [1.54, 1.807) is 0 Å². The summed E-state index contributed by atoms with van der Waals surface area (Å²) in [5, 5.41) is 11.4. The quantitative estimate of drug-likeness (QED) is 0.769. The normalized spacial score (nSPS) is 23.7. The van der Waals surface area contributed by atoms with E-state index in [4.69, 9.17) is 4.63 Å². The maximum absolute atomic E-state index is 13.1. The average Bonchev–Trinajstić information content (AvgIpc) is 3.11. The third kappa shape index (κ3) is 4.17. The highest BCUT2D eigenvalue weighted by Gasteiger charge is 2.31. The summed E-state index contributed by atoms with van der Waals surface area (Å²) >= 11 is 0. The largest absolute Gasteiger partial charge is 0.350 e. The van der Waals surface area contributed by atoms with E-state index in [9.17, 15) is 4.79 Å². The predicted octanol–water partition coefficient (Wildman–Crippen LogP) is 1.41. The van der Waals surface area contributed by atoms with Crippen LogP contribution in [0.2, 0.25) is 0 Å². The summed E-state index contributed by atoms with van der Waals surface area (Å²) in [5.74, 6) is 1.91. The second-order valence-corrected chi connectivity index (χ2v) is 8.09. The fourth-order valence-electron chi connectivity index (χ4n) is 4.83. The van der Waals surface area contributed by atoms with Crippen LogP contribution in [-0.2, 0) is 13.1 Å². The number of pyridine rings is 1. The van der Waals surface area contributed by atoms with Gasteiger partial charge in [-0.05, 0) is 37.0 Å². The second kappa shape index (κ2) is 9.04. The van der Waals surface area contributed by atoms with E-state index in [1.807, 2.05) is 6.92 Å². The molecule has 2 aromatic heterocycles. The van der Waals surface area contributed by atoms with E-state index < -0.39 is 0 Å². The van der Waals surface area contributed by atoms with E-state index in [-0.39, 0.29) is 30.4 Å². The molecule has 0 aromatic carbocycles. The Bertz CT molecular complexity index is 893. The molecule has 3 aliphatic heterocycles. The Morgan fingerprint density at radius 2 is 1.93 bits per heavy atom. The maximum atomic E-state index is 13.1. The van der Waals surface area contributed by atoms with Gasteiger partial charge in [-0.15, -0.1) is 24.8 Å². The van der Waals surface area contributed by atoms with Crippen LogP contribution in [0, 0.1) is 12.8 Å². The molecule has 2 bridgehead atoms. The molecular weight excluding hydrogens is 415 g/mol. The number of halogens is 2. The Labute approximate surface area is 182 Å². The molecule has 0 unspecified atom stereocenters. The van der Waals surface area contributed by atoms with E-state index in [0.29, 0.717) is 11.8 Å². The first-order valence-corrected chi connectivity index (χ1v) is 9.89. The number of aromatic nitrogens is 3. The molecule has 2 fully saturated rings. The number of fused-ring (bicyclic) bond motifs is 4. The Balaban J connectivity index is 0.00000120. The topological polar surface area (TPSA) is 79.4 Å². The van der Waals surface area contributed by atoms with E-state index >= 15 is 0 Å². The molecule has 0 spiro atoms. The van der Waals surface area contributed by atoms with Crippen LogP contribution in [0.4, 0.5) is 5.82 Å². The van der Waals surface area contributed by atoms with Crippen molar-refractivity contribution in [3.05, 3.63) is 39.4 Å². The van der Waals surface area contributed by atoms with Gasteiger partial charge in [0, 0.05) is 63.0 Å². The number of anilines is 1. The van der Waals surface area contributed by atoms with Crippen LogP contribution in [0.15, 0.2) is 21.6 Å². The summed E-state index contributed by atoms with van der Waals surface area (Å²) in [6, 6.07) is 4.24. The molecule has 5 heterocycles. The Morgan fingerprint density at radius 3 is 2.66 bits per heavy atom. The van der Waals surface area contributed by atoms with Crippen LogP contribution in [-0.4, -0.2) is 59.0 Å². The van der Waals surface area contributed by atoms with Crippen molar-refractivity contribution in [3.8, 4) is 0 Å². The molecule has 0 amide bonds. The van der Waals surface area contributed by atoms with Crippen LogP contribution >= 0.6 is 24.8 Å². The van der Waals surface area contributed by atoms with Gasteiger partial charge in [-0.2, -0.15) is 0 Å². The van der Waals surface area contributed by atoms with Gasteiger partial charge in [0.1, 0.15) is 5.69 Å². The lowest BCUT2D eigenvalue weighted by molar-refractivity contribution is 0.239. The molecule has 2 atom stereocenters. The summed E-state index contributed by atoms with van der Waals surface area (Å²) in [6.07, 6.45) is 1.21. The summed E-state index contributed by atoms with van der Waals surface area (Å²) in [6.45, 7) is 9.07.